The molecule has 0 heterocycles. The van der Waals surface area contributed by atoms with Crippen molar-refractivity contribution in [1.29, 1.82) is 0 Å². The Bertz CT molecular complexity index is 459. The van der Waals surface area contributed by atoms with E-state index in [9.17, 15) is 8.42 Å². The fraction of sp³-hybridized carbons (Fsp3) is 0.500. The standard InChI is InChI=1S/C12H18ClNO3S/c1-10(9-15)14-18(16,17)12-6-4-11(5-7-12)3-2-8-13/h4-7,10,14-15H,2-3,8-9H2,1H3/t10-/m1/s1. The molecule has 1 atom stereocenters. The minimum absolute atomic E-state index is 0.206. The van der Waals surface area contributed by atoms with Crippen LogP contribution < -0.4 is 4.72 Å². The monoisotopic (exact) mass is 291 g/mol. The Balaban J connectivity index is 2.77. The Morgan fingerprint density at radius 3 is 2.44 bits per heavy atom. The summed E-state index contributed by atoms with van der Waals surface area (Å²) >= 11 is 5.60. The van der Waals surface area contributed by atoms with Gasteiger partial charge in [0.15, 0.2) is 0 Å². The average molecular weight is 292 g/mol. The van der Waals surface area contributed by atoms with Crippen molar-refractivity contribution in [2.45, 2.75) is 30.7 Å². The van der Waals surface area contributed by atoms with Crippen LogP contribution >= 0.6 is 11.6 Å². The lowest BCUT2D eigenvalue weighted by atomic mass is 10.1. The maximum atomic E-state index is 11.9. The number of aliphatic hydroxyl groups excluding tert-OH is 1. The molecule has 0 aliphatic carbocycles. The molecule has 1 rings (SSSR count). The third-order valence-corrected chi connectivity index (χ3v) is 4.34. The minimum atomic E-state index is -3.54. The molecule has 0 aliphatic heterocycles. The number of alkyl halides is 1. The van der Waals surface area contributed by atoms with Crippen LogP contribution in [-0.2, 0) is 16.4 Å². The van der Waals surface area contributed by atoms with Crippen LogP contribution in [0.1, 0.15) is 18.9 Å². The fourth-order valence-corrected chi connectivity index (χ4v) is 2.84. The zero-order chi connectivity index (χ0) is 13.6. The van der Waals surface area contributed by atoms with Gasteiger partial charge >= 0.3 is 0 Å². The lowest BCUT2D eigenvalue weighted by Gasteiger charge is -2.11. The highest BCUT2D eigenvalue weighted by atomic mass is 35.5. The summed E-state index contributed by atoms with van der Waals surface area (Å²) in [5.74, 6) is 0.593. The van der Waals surface area contributed by atoms with E-state index in [1.165, 1.54) is 0 Å². The summed E-state index contributed by atoms with van der Waals surface area (Å²) in [6, 6.07) is 6.20. The Hall–Kier alpha value is -0.620. The number of hydrogen-bond acceptors (Lipinski definition) is 3. The molecule has 0 bridgehead atoms. The number of halogens is 1. The number of nitrogens with one attached hydrogen (secondary N) is 1. The molecule has 0 aromatic heterocycles. The van der Waals surface area contributed by atoms with Gasteiger partial charge in [0, 0.05) is 11.9 Å². The summed E-state index contributed by atoms with van der Waals surface area (Å²) in [7, 11) is -3.54. The Morgan fingerprint density at radius 1 is 1.33 bits per heavy atom. The molecule has 0 unspecified atom stereocenters. The van der Waals surface area contributed by atoms with Crippen molar-refractivity contribution in [3.05, 3.63) is 29.8 Å². The molecule has 2 N–H and O–H groups in total. The van der Waals surface area contributed by atoms with Gasteiger partial charge in [0.05, 0.1) is 11.5 Å². The number of aryl methyl sites for hydroxylation is 1. The van der Waals surface area contributed by atoms with E-state index in [2.05, 4.69) is 4.72 Å². The molecule has 0 amide bonds. The van der Waals surface area contributed by atoms with E-state index in [1.54, 1.807) is 31.2 Å². The number of rotatable bonds is 7. The predicted molar refractivity (Wildman–Crippen MR) is 72.4 cm³/mol. The molecule has 0 spiro atoms. The van der Waals surface area contributed by atoms with Gasteiger partial charge in [-0.05, 0) is 37.5 Å². The summed E-state index contributed by atoms with van der Waals surface area (Å²) in [4.78, 5) is 0.206. The summed E-state index contributed by atoms with van der Waals surface area (Å²) in [6.07, 6.45) is 1.71. The predicted octanol–water partition coefficient (Wildman–Crippen LogP) is 1.52. The van der Waals surface area contributed by atoms with E-state index in [0.29, 0.717) is 5.88 Å². The molecular weight excluding hydrogens is 274 g/mol. The molecule has 0 radical (unpaired) electrons. The van der Waals surface area contributed by atoms with Gasteiger partial charge in [0.1, 0.15) is 0 Å². The number of hydrogen-bond donors (Lipinski definition) is 2. The van der Waals surface area contributed by atoms with Gasteiger partial charge in [-0.1, -0.05) is 12.1 Å². The Morgan fingerprint density at radius 2 is 1.94 bits per heavy atom. The molecule has 4 nitrogen and oxygen atoms in total. The average Bonchev–Trinajstić information content (AvgIpc) is 2.36. The first-order valence-electron chi connectivity index (χ1n) is 5.77. The van der Waals surface area contributed by atoms with Crippen LogP contribution in [0.2, 0.25) is 0 Å². The van der Waals surface area contributed by atoms with Crippen LogP contribution in [0, 0.1) is 0 Å². The SMILES string of the molecule is C[C@H](CO)NS(=O)(=O)c1ccc(CCCCl)cc1. The van der Waals surface area contributed by atoms with E-state index < -0.39 is 16.1 Å². The van der Waals surface area contributed by atoms with Gasteiger partial charge in [0.2, 0.25) is 10.0 Å². The van der Waals surface area contributed by atoms with Crippen molar-refractivity contribution < 1.29 is 13.5 Å². The first-order valence-corrected chi connectivity index (χ1v) is 7.79. The zero-order valence-corrected chi connectivity index (χ0v) is 11.8. The Labute approximate surface area is 113 Å². The molecule has 0 aliphatic rings. The van der Waals surface area contributed by atoms with Gasteiger partial charge in [-0.15, -0.1) is 11.6 Å². The largest absolute Gasteiger partial charge is 0.395 e. The number of aliphatic hydroxyl groups is 1. The quantitative estimate of drug-likeness (QED) is 0.749. The van der Waals surface area contributed by atoms with Crippen molar-refractivity contribution in [1.82, 2.24) is 4.72 Å². The highest BCUT2D eigenvalue weighted by Gasteiger charge is 2.16. The first-order chi connectivity index (χ1) is 8.49. The molecule has 0 saturated heterocycles. The topological polar surface area (TPSA) is 66.4 Å². The third-order valence-electron chi connectivity index (χ3n) is 2.46. The second kappa shape index (κ2) is 7.09. The van der Waals surface area contributed by atoms with Crippen molar-refractivity contribution in [2.75, 3.05) is 12.5 Å². The fourth-order valence-electron chi connectivity index (χ4n) is 1.48. The molecule has 102 valence electrons. The molecule has 0 fully saturated rings. The van der Waals surface area contributed by atoms with Crippen molar-refractivity contribution in [2.24, 2.45) is 0 Å². The summed E-state index contributed by atoms with van der Waals surface area (Å²) in [5.41, 5.74) is 1.06. The smallest absolute Gasteiger partial charge is 0.240 e. The first kappa shape index (κ1) is 15.4. The van der Waals surface area contributed by atoms with E-state index in [4.69, 9.17) is 16.7 Å². The van der Waals surface area contributed by atoms with Gasteiger partial charge < -0.3 is 5.11 Å². The molecule has 1 aromatic carbocycles. The molecular formula is C12H18ClNO3S. The summed E-state index contributed by atoms with van der Waals surface area (Å²) in [5, 5.41) is 8.85. The van der Waals surface area contributed by atoms with Crippen LogP contribution in [0.15, 0.2) is 29.2 Å². The molecule has 6 heteroatoms. The van der Waals surface area contributed by atoms with Crippen LogP contribution in [0.5, 0.6) is 0 Å². The molecule has 0 saturated carbocycles. The molecule has 18 heavy (non-hydrogen) atoms. The second-order valence-electron chi connectivity index (χ2n) is 4.14. The van der Waals surface area contributed by atoms with Crippen molar-refractivity contribution in [3.63, 3.8) is 0 Å². The van der Waals surface area contributed by atoms with E-state index in [-0.39, 0.29) is 11.5 Å². The third kappa shape index (κ3) is 4.57. The van der Waals surface area contributed by atoms with Gasteiger partial charge in [-0.25, -0.2) is 13.1 Å². The lowest BCUT2D eigenvalue weighted by Crippen LogP contribution is -2.34. The van der Waals surface area contributed by atoms with E-state index in [0.717, 1.165) is 18.4 Å². The van der Waals surface area contributed by atoms with Crippen LogP contribution in [0.4, 0.5) is 0 Å². The van der Waals surface area contributed by atoms with Crippen LogP contribution in [0.3, 0.4) is 0 Å². The van der Waals surface area contributed by atoms with E-state index >= 15 is 0 Å². The van der Waals surface area contributed by atoms with Crippen LogP contribution in [-0.4, -0.2) is 32.1 Å². The minimum Gasteiger partial charge on any atom is -0.395 e. The van der Waals surface area contributed by atoms with Crippen molar-refractivity contribution in [3.8, 4) is 0 Å². The highest BCUT2D eigenvalue weighted by Crippen LogP contribution is 2.12. The van der Waals surface area contributed by atoms with Crippen molar-refractivity contribution >= 4 is 21.6 Å². The normalized spacial score (nSPS) is 13.5. The van der Waals surface area contributed by atoms with Gasteiger partial charge in [-0.3, -0.25) is 0 Å². The summed E-state index contributed by atoms with van der Waals surface area (Å²) in [6.45, 7) is 1.37. The van der Waals surface area contributed by atoms with E-state index in [1.807, 2.05) is 0 Å². The zero-order valence-electron chi connectivity index (χ0n) is 10.3. The second-order valence-corrected chi connectivity index (χ2v) is 6.23. The Kier molecular flexibility index (Phi) is 6.08. The van der Waals surface area contributed by atoms with Gasteiger partial charge in [-0.2, -0.15) is 0 Å². The highest BCUT2D eigenvalue weighted by molar-refractivity contribution is 7.89. The summed E-state index contributed by atoms with van der Waals surface area (Å²) < 4.78 is 26.2. The van der Waals surface area contributed by atoms with Gasteiger partial charge in [0.25, 0.3) is 0 Å². The number of benzene rings is 1. The van der Waals surface area contributed by atoms with Crippen LogP contribution in [0.25, 0.3) is 0 Å². The maximum Gasteiger partial charge on any atom is 0.240 e. The number of sulfonamides is 1. The lowest BCUT2D eigenvalue weighted by molar-refractivity contribution is 0.265. The maximum absolute atomic E-state index is 11.9. The molecule has 1 aromatic rings.